The molecule has 0 aromatic rings. The minimum Gasteiger partial charge on any atom is -0.479 e. The summed E-state index contributed by atoms with van der Waals surface area (Å²) in [5, 5.41) is 9.07. The van der Waals surface area contributed by atoms with Gasteiger partial charge < -0.3 is 9.84 Å². The van der Waals surface area contributed by atoms with E-state index in [0.29, 0.717) is 12.8 Å². The van der Waals surface area contributed by atoms with E-state index in [1.54, 1.807) is 13.8 Å². The summed E-state index contributed by atoms with van der Waals surface area (Å²) in [6.07, 6.45) is -0.548. The third-order valence-electron chi connectivity index (χ3n) is 3.91. The highest BCUT2D eigenvalue weighted by Gasteiger charge is 2.46. The Bertz CT molecular complexity index is 279. The molecule has 1 N–H and O–H groups in total. The second kappa shape index (κ2) is 4.88. The van der Waals surface area contributed by atoms with Crippen LogP contribution in [-0.4, -0.2) is 30.2 Å². The molecule has 3 nitrogen and oxygen atoms in total. The summed E-state index contributed by atoms with van der Waals surface area (Å²) in [7, 11) is 1.35. The zero-order valence-electron chi connectivity index (χ0n) is 10.5. The smallest absolute Gasteiger partial charge is 0.333 e. The van der Waals surface area contributed by atoms with E-state index < -0.39 is 23.4 Å². The minimum atomic E-state index is -2.58. The molecule has 17 heavy (non-hydrogen) atoms. The van der Waals surface area contributed by atoms with Gasteiger partial charge in [-0.15, -0.1) is 0 Å². The molecule has 5 heteroatoms. The molecule has 1 aliphatic carbocycles. The lowest BCUT2D eigenvalue weighted by Crippen LogP contribution is -2.45. The van der Waals surface area contributed by atoms with Gasteiger partial charge in [0, 0.05) is 25.4 Å². The highest BCUT2D eigenvalue weighted by atomic mass is 19.3. The van der Waals surface area contributed by atoms with Gasteiger partial charge in [-0.2, -0.15) is 0 Å². The maximum absolute atomic E-state index is 13.1. The van der Waals surface area contributed by atoms with E-state index in [-0.39, 0.29) is 18.8 Å². The van der Waals surface area contributed by atoms with Gasteiger partial charge in [-0.25, -0.2) is 13.6 Å². The second-order valence-corrected chi connectivity index (χ2v) is 5.41. The van der Waals surface area contributed by atoms with E-state index >= 15 is 0 Å². The molecular weight excluding hydrogens is 230 g/mol. The zero-order valence-corrected chi connectivity index (χ0v) is 10.5. The molecule has 1 saturated carbocycles. The van der Waals surface area contributed by atoms with Crippen molar-refractivity contribution in [2.75, 3.05) is 7.11 Å². The van der Waals surface area contributed by atoms with Crippen LogP contribution in [0.2, 0.25) is 0 Å². The Balaban J connectivity index is 2.74. The van der Waals surface area contributed by atoms with Crippen molar-refractivity contribution in [3.8, 4) is 0 Å². The number of aliphatic carboxylic acids is 1. The van der Waals surface area contributed by atoms with Crippen LogP contribution in [0.3, 0.4) is 0 Å². The lowest BCUT2D eigenvalue weighted by Gasteiger charge is -2.41. The number of carbonyl (C=O) groups is 1. The fourth-order valence-corrected chi connectivity index (χ4v) is 2.72. The summed E-state index contributed by atoms with van der Waals surface area (Å²) < 4.78 is 31.1. The van der Waals surface area contributed by atoms with Crippen LogP contribution in [-0.2, 0) is 9.53 Å². The van der Waals surface area contributed by atoms with Crippen LogP contribution in [0.4, 0.5) is 8.78 Å². The lowest BCUT2D eigenvalue weighted by atomic mass is 9.67. The van der Waals surface area contributed by atoms with Crippen LogP contribution in [0.15, 0.2) is 0 Å². The third kappa shape index (κ3) is 3.15. The summed E-state index contributed by atoms with van der Waals surface area (Å²) >= 11 is 0. The van der Waals surface area contributed by atoms with Crippen molar-refractivity contribution in [1.29, 1.82) is 0 Å². The molecule has 0 bridgehead atoms. The zero-order chi connectivity index (χ0) is 13.3. The molecular formula is C12H20F2O3. The van der Waals surface area contributed by atoms with Crippen molar-refractivity contribution in [2.24, 2.45) is 11.3 Å². The van der Waals surface area contributed by atoms with Gasteiger partial charge in [0.15, 0.2) is 6.10 Å². The van der Waals surface area contributed by atoms with Gasteiger partial charge in [-0.05, 0) is 18.8 Å². The number of rotatable bonds is 4. The monoisotopic (exact) mass is 250 g/mol. The molecule has 100 valence electrons. The van der Waals surface area contributed by atoms with Gasteiger partial charge in [-0.1, -0.05) is 13.8 Å². The highest BCUT2D eigenvalue weighted by molar-refractivity contribution is 5.73. The fraction of sp³-hybridized carbons (Fsp3) is 0.917. The van der Waals surface area contributed by atoms with Gasteiger partial charge in [0.05, 0.1) is 0 Å². The van der Waals surface area contributed by atoms with Crippen LogP contribution in [0.5, 0.6) is 0 Å². The van der Waals surface area contributed by atoms with Crippen molar-refractivity contribution < 1.29 is 23.4 Å². The van der Waals surface area contributed by atoms with E-state index in [1.807, 2.05) is 0 Å². The predicted octanol–water partition coefficient (Wildman–Crippen LogP) is 2.94. The largest absolute Gasteiger partial charge is 0.479 e. The van der Waals surface area contributed by atoms with Crippen molar-refractivity contribution in [1.82, 2.24) is 0 Å². The molecule has 1 unspecified atom stereocenters. The molecule has 1 aliphatic rings. The number of carboxylic acid groups (broad SMARTS) is 1. The van der Waals surface area contributed by atoms with Crippen molar-refractivity contribution >= 4 is 5.97 Å². The van der Waals surface area contributed by atoms with Gasteiger partial charge in [0.1, 0.15) is 0 Å². The summed E-state index contributed by atoms with van der Waals surface area (Å²) in [6, 6.07) is 0. The fourth-order valence-electron chi connectivity index (χ4n) is 2.72. The van der Waals surface area contributed by atoms with Crippen molar-refractivity contribution in [3.63, 3.8) is 0 Å². The van der Waals surface area contributed by atoms with Crippen LogP contribution in [0, 0.1) is 11.3 Å². The molecule has 0 aromatic heterocycles. The van der Waals surface area contributed by atoms with E-state index in [0.717, 1.165) is 0 Å². The van der Waals surface area contributed by atoms with Gasteiger partial charge >= 0.3 is 5.97 Å². The topological polar surface area (TPSA) is 46.5 Å². The summed E-state index contributed by atoms with van der Waals surface area (Å²) in [5.41, 5.74) is -0.628. The third-order valence-corrected chi connectivity index (χ3v) is 3.91. The van der Waals surface area contributed by atoms with Gasteiger partial charge in [-0.3, -0.25) is 0 Å². The Labute approximate surface area is 100 Å². The molecule has 1 atom stereocenters. The highest BCUT2D eigenvalue weighted by Crippen LogP contribution is 2.45. The van der Waals surface area contributed by atoms with E-state index in [1.165, 1.54) is 7.11 Å². The Kier molecular flexibility index (Phi) is 4.12. The van der Waals surface area contributed by atoms with Crippen molar-refractivity contribution in [2.45, 2.75) is 51.6 Å². The maximum atomic E-state index is 13.1. The number of hydrogen-bond acceptors (Lipinski definition) is 2. The molecule has 0 spiro atoms. The Morgan fingerprint density at radius 3 is 2.24 bits per heavy atom. The predicted molar refractivity (Wildman–Crippen MR) is 59.1 cm³/mol. The number of halogens is 2. The lowest BCUT2D eigenvalue weighted by molar-refractivity contribution is -0.161. The van der Waals surface area contributed by atoms with Crippen LogP contribution in [0.1, 0.15) is 39.5 Å². The number of ether oxygens (including phenoxy) is 1. The second-order valence-electron chi connectivity index (χ2n) is 5.41. The number of carboxylic acids is 1. The molecule has 0 aliphatic heterocycles. The number of alkyl halides is 2. The first-order valence-electron chi connectivity index (χ1n) is 5.84. The van der Waals surface area contributed by atoms with E-state index in [2.05, 4.69) is 0 Å². The quantitative estimate of drug-likeness (QED) is 0.834. The normalized spacial score (nSPS) is 23.4. The first-order chi connectivity index (χ1) is 7.70. The minimum absolute atomic E-state index is 0.0387. The van der Waals surface area contributed by atoms with Crippen LogP contribution in [0.25, 0.3) is 0 Å². The summed E-state index contributed by atoms with van der Waals surface area (Å²) in [4.78, 5) is 11.1. The van der Waals surface area contributed by atoms with Crippen LogP contribution < -0.4 is 0 Å². The van der Waals surface area contributed by atoms with E-state index in [9.17, 15) is 13.6 Å². The summed E-state index contributed by atoms with van der Waals surface area (Å²) in [5.74, 6) is -3.66. The van der Waals surface area contributed by atoms with Crippen molar-refractivity contribution in [3.05, 3.63) is 0 Å². The Morgan fingerprint density at radius 2 is 1.88 bits per heavy atom. The molecule has 0 saturated heterocycles. The Hall–Kier alpha value is -0.710. The molecule has 1 rings (SSSR count). The first kappa shape index (κ1) is 14.4. The first-order valence-corrected chi connectivity index (χ1v) is 5.84. The SMILES string of the molecule is COC(C(=O)O)C(C)(C)C1CCC(F)(F)CC1. The van der Waals surface area contributed by atoms with E-state index in [4.69, 9.17) is 9.84 Å². The Morgan fingerprint density at radius 1 is 1.41 bits per heavy atom. The molecule has 0 aromatic carbocycles. The van der Waals surface area contributed by atoms with Crippen LogP contribution >= 0.6 is 0 Å². The number of hydrogen-bond donors (Lipinski definition) is 1. The summed E-state index contributed by atoms with van der Waals surface area (Å²) in [6.45, 7) is 3.56. The molecule has 0 heterocycles. The average Bonchev–Trinajstić information content (AvgIpc) is 2.16. The average molecular weight is 250 g/mol. The maximum Gasteiger partial charge on any atom is 0.333 e. The van der Waals surface area contributed by atoms with Gasteiger partial charge in [0.2, 0.25) is 5.92 Å². The molecule has 1 fully saturated rings. The number of methoxy groups -OCH3 is 1. The molecule has 0 radical (unpaired) electrons. The molecule has 0 amide bonds. The standard InChI is InChI=1S/C12H20F2O3/c1-11(2,9(17-3)10(15)16)8-4-6-12(13,14)7-5-8/h8-9H,4-7H2,1-3H3,(H,15,16). The van der Waals surface area contributed by atoms with Gasteiger partial charge in [0.25, 0.3) is 0 Å².